The van der Waals surface area contributed by atoms with Gasteiger partial charge in [0, 0.05) is 25.2 Å². The Bertz CT molecular complexity index is 182. The summed E-state index contributed by atoms with van der Waals surface area (Å²) in [6, 6.07) is 1.38. The van der Waals surface area contributed by atoms with Crippen LogP contribution in [0.4, 0.5) is 0 Å². The number of hydrogen-bond donors (Lipinski definition) is 1. The second kappa shape index (κ2) is 7.25. The lowest BCUT2D eigenvalue weighted by Gasteiger charge is -2.36. The third kappa shape index (κ3) is 4.81. The van der Waals surface area contributed by atoms with Crippen molar-refractivity contribution in [3.8, 4) is 0 Å². The van der Waals surface area contributed by atoms with Crippen LogP contribution in [-0.4, -0.2) is 62.2 Å². The highest BCUT2D eigenvalue weighted by molar-refractivity contribution is 4.80. The van der Waals surface area contributed by atoms with Gasteiger partial charge >= 0.3 is 0 Å². The first-order valence-corrected chi connectivity index (χ1v) is 6.75. The summed E-state index contributed by atoms with van der Waals surface area (Å²) in [5.74, 6) is 0. The molecule has 0 aromatic rings. The monoisotopic (exact) mass is 227 g/mol. The number of likely N-dealkylation sites (N-methyl/N-ethyl adjacent to an activating group) is 1. The first-order chi connectivity index (χ1) is 7.63. The van der Waals surface area contributed by atoms with Crippen molar-refractivity contribution in [2.75, 3.05) is 40.3 Å². The van der Waals surface area contributed by atoms with Gasteiger partial charge in [-0.15, -0.1) is 0 Å². The molecule has 0 aromatic heterocycles. The Kier molecular flexibility index (Phi) is 6.32. The largest absolute Gasteiger partial charge is 0.313 e. The van der Waals surface area contributed by atoms with Gasteiger partial charge in [0.1, 0.15) is 0 Å². The highest BCUT2D eigenvalue weighted by Crippen LogP contribution is 2.11. The molecule has 96 valence electrons. The van der Waals surface area contributed by atoms with E-state index in [1.807, 2.05) is 0 Å². The minimum atomic E-state index is 0.657. The van der Waals surface area contributed by atoms with Crippen LogP contribution >= 0.6 is 0 Å². The Balaban J connectivity index is 2.27. The Morgan fingerprint density at radius 2 is 2.19 bits per heavy atom. The smallest absolute Gasteiger partial charge is 0.0195 e. The molecule has 0 spiro atoms. The predicted octanol–water partition coefficient (Wildman–Crippen LogP) is 1.40. The zero-order valence-electron chi connectivity index (χ0n) is 11.5. The van der Waals surface area contributed by atoms with Gasteiger partial charge in [0.25, 0.3) is 0 Å². The van der Waals surface area contributed by atoms with Crippen molar-refractivity contribution < 1.29 is 0 Å². The van der Waals surface area contributed by atoms with Gasteiger partial charge in [0.15, 0.2) is 0 Å². The Morgan fingerprint density at radius 3 is 2.81 bits per heavy atom. The normalized spacial score (nSPS) is 24.9. The number of piperidine rings is 1. The summed E-state index contributed by atoms with van der Waals surface area (Å²) in [4.78, 5) is 4.92. The minimum absolute atomic E-state index is 0.657. The summed E-state index contributed by atoms with van der Waals surface area (Å²) >= 11 is 0. The lowest BCUT2D eigenvalue weighted by Crippen LogP contribution is -2.49. The predicted molar refractivity (Wildman–Crippen MR) is 70.9 cm³/mol. The van der Waals surface area contributed by atoms with Crippen LogP contribution in [0.5, 0.6) is 0 Å². The molecule has 1 N–H and O–H groups in total. The van der Waals surface area contributed by atoms with E-state index in [0.29, 0.717) is 6.04 Å². The second-order valence-corrected chi connectivity index (χ2v) is 5.37. The van der Waals surface area contributed by atoms with Gasteiger partial charge in [-0.05, 0) is 53.4 Å². The maximum absolute atomic E-state index is 3.65. The van der Waals surface area contributed by atoms with Crippen LogP contribution in [0.2, 0.25) is 0 Å². The van der Waals surface area contributed by atoms with Crippen LogP contribution in [0.1, 0.15) is 33.1 Å². The first-order valence-electron chi connectivity index (χ1n) is 6.75. The van der Waals surface area contributed by atoms with Crippen LogP contribution < -0.4 is 5.32 Å². The van der Waals surface area contributed by atoms with Crippen molar-refractivity contribution in [3.63, 3.8) is 0 Å². The molecule has 0 aromatic carbocycles. The average Bonchev–Trinajstić information content (AvgIpc) is 2.26. The minimum Gasteiger partial charge on any atom is -0.313 e. The van der Waals surface area contributed by atoms with E-state index in [4.69, 9.17) is 0 Å². The molecule has 1 fully saturated rings. The van der Waals surface area contributed by atoms with Crippen molar-refractivity contribution in [2.45, 2.75) is 45.2 Å². The highest BCUT2D eigenvalue weighted by Gasteiger charge is 2.20. The van der Waals surface area contributed by atoms with Gasteiger partial charge in [0.2, 0.25) is 0 Å². The molecule has 0 amide bonds. The van der Waals surface area contributed by atoms with Gasteiger partial charge in [-0.3, -0.25) is 0 Å². The zero-order chi connectivity index (χ0) is 12.0. The van der Waals surface area contributed by atoms with E-state index >= 15 is 0 Å². The van der Waals surface area contributed by atoms with Crippen LogP contribution in [-0.2, 0) is 0 Å². The van der Waals surface area contributed by atoms with Crippen molar-refractivity contribution in [3.05, 3.63) is 0 Å². The molecule has 0 bridgehead atoms. The van der Waals surface area contributed by atoms with Gasteiger partial charge in [-0.1, -0.05) is 6.92 Å². The van der Waals surface area contributed by atoms with Crippen LogP contribution in [0.25, 0.3) is 0 Å². The first kappa shape index (κ1) is 13.9. The molecule has 0 saturated carbocycles. The molecule has 1 rings (SSSR count). The molecule has 0 aliphatic carbocycles. The average molecular weight is 227 g/mol. The summed E-state index contributed by atoms with van der Waals surface area (Å²) in [6.07, 6.45) is 3.94. The topological polar surface area (TPSA) is 18.5 Å². The van der Waals surface area contributed by atoms with Gasteiger partial charge in [0.05, 0.1) is 0 Å². The molecular weight excluding hydrogens is 198 g/mol. The maximum Gasteiger partial charge on any atom is 0.0195 e. The number of likely N-dealkylation sites (tertiary alicyclic amines) is 1. The third-order valence-electron chi connectivity index (χ3n) is 3.59. The van der Waals surface area contributed by atoms with Crippen molar-refractivity contribution in [1.82, 2.24) is 15.1 Å². The quantitative estimate of drug-likeness (QED) is 0.740. The SMILES string of the molecule is CCCNC1CCCN(CC(C)N(C)C)C1. The summed E-state index contributed by atoms with van der Waals surface area (Å²) < 4.78 is 0. The van der Waals surface area contributed by atoms with E-state index < -0.39 is 0 Å². The maximum atomic E-state index is 3.65. The van der Waals surface area contributed by atoms with E-state index in [1.165, 1.54) is 45.4 Å². The molecule has 16 heavy (non-hydrogen) atoms. The number of nitrogens with one attached hydrogen (secondary N) is 1. The molecule has 2 unspecified atom stereocenters. The fraction of sp³-hybridized carbons (Fsp3) is 1.00. The summed E-state index contributed by atoms with van der Waals surface area (Å²) in [7, 11) is 4.34. The van der Waals surface area contributed by atoms with E-state index in [9.17, 15) is 0 Å². The van der Waals surface area contributed by atoms with E-state index in [-0.39, 0.29) is 0 Å². The molecule has 1 aliphatic heterocycles. The fourth-order valence-corrected chi connectivity index (χ4v) is 2.27. The molecular formula is C13H29N3. The number of nitrogens with zero attached hydrogens (tertiary/aromatic N) is 2. The van der Waals surface area contributed by atoms with Crippen LogP contribution in [0.15, 0.2) is 0 Å². The second-order valence-electron chi connectivity index (χ2n) is 5.37. The summed E-state index contributed by atoms with van der Waals surface area (Å²) in [5.41, 5.74) is 0. The summed E-state index contributed by atoms with van der Waals surface area (Å²) in [5, 5.41) is 3.65. The van der Waals surface area contributed by atoms with Crippen molar-refractivity contribution in [1.29, 1.82) is 0 Å². The molecule has 3 nitrogen and oxygen atoms in total. The van der Waals surface area contributed by atoms with Crippen molar-refractivity contribution in [2.24, 2.45) is 0 Å². The summed E-state index contributed by atoms with van der Waals surface area (Å²) in [6.45, 7) is 9.44. The molecule has 3 heteroatoms. The fourth-order valence-electron chi connectivity index (χ4n) is 2.27. The van der Waals surface area contributed by atoms with E-state index in [1.54, 1.807) is 0 Å². The third-order valence-corrected chi connectivity index (χ3v) is 3.59. The highest BCUT2D eigenvalue weighted by atomic mass is 15.2. The Hall–Kier alpha value is -0.120. The molecule has 1 saturated heterocycles. The van der Waals surface area contributed by atoms with Crippen LogP contribution in [0.3, 0.4) is 0 Å². The number of rotatable bonds is 6. The van der Waals surface area contributed by atoms with Crippen molar-refractivity contribution >= 4 is 0 Å². The molecule has 1 heterocycles. The van der Waals surface area contributed by atoms with E-state index in [0.717, 1.165) is 6.04 Å². The van der Waals surface area contributed by atoms with Gasteiger partial charge in [-0.25, -0.2) is 0 Å². The van der Waals surface area contributed by atoms with Crippen LogP contribution in [0, 0.1) is 0 Å². The standard InChI is InChI=1S/C13H29N3/c1-5-8-14-13-7-6-9-16(11-13)10-12(2)15(3)4/h12-14H,5-11H2,1-4H3. The van der Waals surface area contributed by atoms with E-state index in [2.05, 4.69) is 43.1 Å². The molecule has 0 radical (unpaired) electrons. The zero-order valence-corrected chi connectivity index (χ0v) is 11.5. The molecule has 2 atom stereocenters. The lowest BCUT2D eigenvalue weighted by atomic mass is 10.0. The number of hydrogen-bond acceptors (Lipinski definition) is 3. The Labute approximate surface area is 101 Å². The molecule has 1 aliphatic rings. The lowest BCUT2D eigenvalue weighted by molar-refractivity contribution is 0.148. The van der Waals surface area contributed by atoms with Gasteiger partial charge < -0.3 is 15.1 Å². The van der Waals surface area contributed by atoms with Gasteiger partial charge in [-0.2, -0.15) is 0 Å². The Morgan fingerprint density at radius 1 is 1.44 bits per heavy atom.